The lowest BCUT2D eigenvalue weighted by Crippen LogP contribution is -2.07. The first kappa shape index (κ1) is 15.3. The van der Waals surface area contributed by atoms with Crippen molar-refractivity contribution >= 4 is 16.6 Å². The molecule has 124 valence electrons. The Balaban J connectivity index is 1.58. The minimum Gasteiger partial charge on any atom is -0.369 e. The lowest BCUT2D eigenvalue weighted by atomic mass is 10.1. The first-order chi connectivity index (χ1) is 12.4. The Morgan fingerprint density at radius 3 is 2.60 bits per heavy atom. The zero-order valence-electron chi connectivity index (χ0n) is 13.8. The normalized spacial score (nSPS) is 10.9. The summed E-state index contributed by atoms with van der Waals surface area (Å²) in [6.45, 7) is 1.85. The number of nitrogens with one attached hydrogen (secondary N) is 1. The van der Waals surface area contributed by atoms with Crippen LogP contribution in [0.3, 0.4) is 0 Å². The number of aryl methyl sites for hydroxylation is 1. The summed E-state index contributed by atoms with van der Waals surface area (Å²) in [5.41, 5.74) is 1.98. The van der Waals surface area contributed by atoms with Gasteiger partial charge in [-0.3, -0.25) is 9.97 Å². The summed E-state index contributed by atoms with van der Waals surface area (Å²) in [7, 11) is 0. The first-order valence-corrected chi connectivity index (χ1v) is 8.40. The van der Waals surface area contributed by atoms with E-state index in [0.29, 0.717) is 0 Å². The maximum atomic E-state index is 4.83. The molecule has 0 unspecified atom stereocenters. The van der Waals surface area contributed by atoms with Gasteiger partial charge in [-0.25, -0.2) is 4.98 Å². The molecular formula is C20H19N5. The molecule has 0 aliphatic carbocycles. The third-order valence-electron chi connectivity index (χ3n) is 4.16. The smallest absolute Gasteiger partial charge is 0.134 e. The third-order valence-corrected chi connectivity index (χ3v) is 4.16. The summed E-state index contributed by atoms with van der Waals surface area (Å²) in [6, 6.07) is 12.1. The molecule has 0 radical (unpaired) electrons. The second-order valence-electron chi connectivity index (χ2n) is 5.89. The summed E-state index contributed by atoms with van der Waals surface area (Å²) in [6.07, 6.45) is 12.5. The molecule has 5 nitrogen and oxygen atoms in total. The number of pyridine rings is 3. The predicted molar refractivity (Wildman–Crippen MR) is 100 cm³/mol. The van der Waals surface area contributed by atoms with E-state index >= 15 is 0 Å². The maximum absolute atomic E-state index is 4.83. The van der Waals surface area contributed by atoms with Crippen LogP contribution in [0, 0.1) is 0 Å². The molecule has 0 aliphatic heterocycles. The van der Waals surface area contributed by atoms with Gasteiger partial charge in [-0.2, -0.15) is 0 Å². The first-order valence-electron chi connectivity index (χ1n) is 8.40. The second-order valence-corrected chi connectivity index (χ2v) is 5.89. The molecule has 0 saturated heterocycles. The predicted octanol–water partition coefficient (Wildman–Crippen LogP) is 4.00. The molecule has 25 heavy (non-hydrogen) atoms. The van der Waals surface area contributed by atoms with Gasteiger partial charge in [0, 0.05) is 66.6 Å². The van der Waals surface area contributed by atoms with Crippen LogP contribution in [0.5, 0.6) is 0 Å². The largest absolute Gasteiger partial charge is 0.369 e. The van der Waals surface area contributed by atoms with Crippen LogP contribution in [0.2, 0.25) is 0 Å². The molecule has 0 aliphatic rings. The van der Waals surface area contributed by atoms with Gasteiger partial charge in [0.05, 0.1) is 5.69 Å². The molecule has 5 heteroatoms. The number of aromatic nitrogens is 4. The summed E-state index contributed by atoms with van der Waals surface area (Å²) < 4.78 is 2.19. The van der Waals surface area contributed by atoms with Gasteiger partial charge in [-0.05, 0) is 42.8 Å². The van der Waals surface area contributed by atoms with Crippen molar-refractivity contribution in [2.45, 2.75) is 13.0 Å². The van der Waals surface area contributed by atoms with Gasteiger partial charge in [0.1, 0.15) is 5.82 Å². The molecular weight excluding hydrogens is 310 g/mol. The molecule has 4 aromatic heterocycles. The van der Waals surface area contributed by atoms with Gasteiger partial charge < -0.3 is 9.88 Å². The van der Waals surface area contributed by atoms with E-state index in [2.05, 4.69) is 38.3 Å². The van der Waals surface area contributed by atoms with Crippen molar-refractivity contribution in [3.8, 4) is 11.3 Å². The summed E-state index contributed by atoms with van der Waals surface area (Å²) in [5.74, 6) is 0.902. The monoisotopic (exact) mass is 329 g/mol. The number of nitrogens with zero attached hydrogens (tertiary/aromatic N) is 4. The van der Waals surface area contributed by atoms with Gasteiger partial charge >= 0.3 is 0 Å². The minimum absolute atomic E-state index is 0.863. The van der Waals surface area contributed by atoms with Crippen LogP contribution in [-0.2, 0) is 6.54 Å². The van der Waals surface area contributed by atoms with Crippen LogP contribution in [0.1, 0.15) is 6.42 Å². The average Bonchev–Trinajstić information content (AvgIpc) is 3.19. The number of rotatable bonds is 6. The summed E-state index contributed by atoms with van der Waals surface area (Å²) >= 11 is 0. The summed E-state index contributed by atoms with van der Waals surface area (Å²) in [4.78, 5) is 13.2. The van der Waals surface area contributed by atoms with Crippen LogP contribution in [0.25, 0.3) is 22.0 Å². The van der Waals surface area contributed by atoms with E-state index in [0.717, 1.165) is 47.4 Å². The lowest BCUT2D eigenvalue weighted by Gasteiger charge is -2.12. The minimum atomic E-state index is 0.863. The highest BCUT2D eigenvalue weighted by molar-refractivity contribution is 5.93. The van der Waals surface area contributed by atoms with Crippen molar-refractivity contribution in [2.24, 2.45) is 0 Å². The van der Waals surface area contributed by atoms with Gasteiger partial charge in [0.2, 0.25) is 0 Å². The molecule has 0 saturated carbocycles. The molecule has 4 aromatic rings. The van der Waals surface area contributed by atoms with E-state index in [9.17, 15) is 0 Å². The number of anilines is 1. The summed E-state index contributed by atoms with van der Waals surface area (Å²) in [5, 5.41) is 5.66. The molecule has 0 bridgehead atoms. The molecule has 4 rings (SSSR count). The van der Waals surface area contributed by atoms with E-state index in [-0.39, 0.29) is 0 Å². The fraction of sp³-hybridized carbons (Fsp3) is 0.150. The zero-order chi connectivity index (χ0) is 16.9. The van der Waals surface area contributed by atoms with E-state index in [1.165, 1.54) is 0 Å². The second kappa shape index (κ2) is 7.13. The average molecular weight is 329 g/mol. The molecule has 1 N–H and O–H groups in total. The van der Waals surface area contributed by atoms with Crippen molar-refractivity contribution in [3.63, 3.8) is 0 Å². The highest BCUT2D eigenvalue weighted by Gasteiger charge is 2.07. The lowest BCUT2D eigenvalue weighted by molar-refractivity contribution is 0.664. The van der Waals surface area contributed by atoms with Gasteiger partial charge in [-0.15, -0.1) is 0 Å². The highest BCUT2D eigenvalue weighted by Crippen LogP contribution is 2.26. The molecule has 0 spiro atoms. The molecule has 0 aromatic carbocycles. The Hall–Kier alpha value is -3.21. The van der Waals surface area contributed by atoms with E-state index in [4.69, 9.17) is 4.98 Å². The van der Waals surface area contributed by atoms with Gasteiger partial charge in [-0.1, -0.05) is 0 Å². The van der Waals surface area contributed by atoms with Crippen LogP contribution < -0.4 is 5.32 Å². The number of fused-ring (bicyclic) bond motifs is 1. The van der Waals surface area contributed by atoms with E-state index in [1.807, 2.05) is 36.5 Å². The standard InChI is InChI=1S/C20H19N5/c1-2-12-25(11-1)13-3-7-23-20-18-6-10-22-15-17(18)14-19(24-20)16-4-8-21-9-5-16/h1-2,4-6,8-12,14-15H,3,7,13H2,(H,23,24). The Kier molecular flexibility index (Phi) is 4.37. The van der Waals surface area contributed by atoms with Crippen LogP contribution in [0.15, 0.2) is 73.6 Å². The van der Waals surface area contributed by atoms with E-state index in [1.54, 1.807) is 18.6 Å². The van der Waals surface area contributed by atoms with Crippen molar-refractivity contribution in [2.75, 3.05) is 11.9 Å². The Morgan fingerprint density at radius 1 is 0.960 bits per heavy atom. The van der Waals surface area contributed by atoms with Crippen molar-refractivity contribution in [1.82, 2.24) is 19.5 Å². The number of hydrogen-bond donors (Lipinski definition) is 1. The molecule has 4 heterocycles. The SMILES string of the molecule is c1ccn(CCCNc2nc(-c3ccncc3)cc3cnccc23)c1. The third kappa shape index (κ3) is 3.50. The molecule has 0 atom stereocenters. The number of hydrogen-bond acceptors (Lipinski definition) is 4. The molecule has 0 amide bonds. The maximum Gasteiger partial charge on any atom is 0.134 e. The topological polar surface area (TPSA) is 55.6 Å². The van der Waals surface area contributed by atoms with Crippen LogP contribution >= 0.6 is 0 Å². The van der Waals surface area contributed by atoms with Gasteiger partial charge in [0.25, 0.3) is 0 Å². The molecule has 0 fully saturated rings. The Morgan fingerprint density at radius 2 is 1.76 bits per heavy atom. The van der Waals surface area contributed by atoms with Crippen LogP contribution in [0.4, 0.5) is 5.82 Å². The van der Waals surface area contributed by atoms with Crippen molar-refractivity contribution in [3.05, 3.63) is 73.6 Å². The highest BCUT2D eigenvalue weighted by atomic mass is 15.0. The van der Waals surface area contributed by atoms with Gasteiger partial charge in [0.15, 0.2) is 0 Å². The van der Waals surface area contributed by atoms with Crippen molar-refractivity contribution < 1.29 is 0 Å². The fourth-order valence-corrected chi connectivity index (χ4v) is 2.89. The van der Waals surface area contributed by atoms with E-state index < -0.39 is 0 Å². The zero-order valence-corrected chi connectivity index (χ0v) is 13.8. The Bertz CT molecular complexity index is 948. The quantitative estimate of drug-likeness (QED) is 0.543. The Labute approximate surface area is 146 Å². The van der Waals surface area contributed by atoms with Crippen molar-refractivity contribution in [1.29, 1.82) is 0 Å². The fourth-order valence-electron chi connectivity index (χ4n) is 2.89. The van der Waals surface area contributed by atoms with Crippen LogP contribution in [-0.4, -0.2) is 26.1 Å².